The minimum Gasteiger partial charge on any atom is -0.317 e. The molecular weight excluding hydrogens is 446 g/mol. The molecular formula is C25H25N7OS. The summed E-state index contributed by atoms with van der Waals surface area (Å²) in [6.45, 7) is 2.13. The molecule has 34 heavy (non-hydrogen) atoms. The predicted octanol–water partition coefficient (Wildman–Crippen LogP) is 4.60. The Balaban J connectivity index is 1.35. The molecule has 1 saturated carbocycles. The third kappa shape index (κ3) is 3.83. The highest BCUT2D eigenvalue weighted by Gasteiger charge is 2.23. The molecule has 2 aliphatic rings. The van der Waals surface area contributed by atoms with E-state index in [2.05, 4.69) is 33.8 Å². The number of thiazole rings is 1. The zero-order chi connectivity index (χ0) is 23.1. The molecule has 1 saturated heterocycles. The molecule has 2 fully saturated rings. The van der Waals surface area contributed by atoms with E-state index in [0.717, 1.165) is 67.0 Å². The van der Waals surface area contributed by atoms with E-state index in [1.807, 2.05) is 6.07 Å². The van der Waals surface area contributed by atoms with Gasteiger partial charge in [-0.1, -0.05) is 30.2 Å². The summed E-state index contributed by atoms with van der Waals surface area (Å²) in [5.41, 5.74) is 2.77. The summed E-state index contributed by atoms with van der Waals surface area (Å²) in [5.74, 6) is 0.985. The van der Waals surface area contributed by atoms with Crippen molar-refractivity contribution < 1.29 is 0 Å². The summed E-state index contributed by atoms with van der Waals surface area (Å²) in [5, 5.41) is 17.5. The first-order valence-corrected chi connectivity index (χ1v) is 12.7. The van der Waals surface area contributed by atoms with Crippen LogP contribution < -0.4 is 16.2 Å². The van der Waals surface area contributed by atoms with Crippen molar-refractivity contribution in [1.82, 2.24) is 24.8 Å². The Morgan fingerprint density at radius 2 is 1.94 bits per heavy atom. The van der Waals surface area contributed by atoms with Crippen molar-refractivity contribution >= 4 is 43.7 Å². The summed E-state index contributed by atoms with van der Waals surface area (Å²) in [7, 11) is 0. The highest BCUT2D eigenvalue weighted by molar-refractivity contribution is 7.22. The van der Waals surface area contributed by atoms with E-state index in [1.54, 1.807) is 28.2 Å². The molecule has 3 aromatic heterocycles. The molecule has 0 atom stereocenters. The first-order valence-electron chi connectivity index (χ1n) is 11.9. The van der Waals surface area contributed by atoms with Crippen LogP contribution in [0.25, 0.3) is 21.3 Å². The van der Waals surface area contributed by atoms with Crippen LogP contribution in [0.5, 0.6) is 0 Å². The molecule has 9 heteroatoms. The number of nitriles is 1. The Labute approximate surface area is 200 Å². The zero-order valence-corrected chi connectivity index (χ0v) is 19.6. The quantitative estimate of drug-likeness (QED) is 0.448. The van der Waals surface area contributed by atoms with E-state index >= 15 is 0 Å². The van der Waals surface area contributed by atoms with Crippen LogP contribution in [0.3, 0.4) is 0 Å². The number of piperidine rings is 1. The Hall–Kier alpha value is -3.35. The topological polar surface area (TPSA) is 109 Å². The maximum Gasteiger partial charge on any atom is 0.270 e. The first kappa shape index (κ1) is 21.2. The lowest BCUT2D eigenvalue weighted by molar-refractivity contribution is 0.460. The van der Waals surface area contributed by atoms with Crippen molar-refractivity contribution in [2.24, 2.45) is 0 Å². The van der Waals surface area contributed by atoms with E-state index < -0.39 is 0 Å². The first-order chi connectivity index (χ1) is 16.7. The van der Waals surface area contributed by atoms with E-state index in [4.69, 9.17) is 9.97 Å². The molecule has 0 bridgehead atoms. The average Bonchev–Trinajstić information content (AvgIpc) is 3.53. The van der Waals surface area contributed by atoms with Gasteiger partial charge in [-0.15, -0.1) is 0 Å². The number of hydrogen-bond acceptors (Lipinski definition) is 8. The molecule has 0 radical (unpaired) electrons. The molecule has 2 N–H and O–H groups in total. The number of nitrogens with zero attached hydrogens (tertiary/aromatic N) is 5. The molecule has 1 aliphatic carbocycles. The number of nitrogens with one attached hydrogen (secondary N) is 2. The highest BCUT2D eigenvalue weighted by atomic mass is 32.1. The van der Waals surface area contributed by atoms with Gasteiger partial charge in [0.2, 0.25) is 5.95 Å². The zero-order valence-electron chi connectivity index (χ0n) is 18.8. The van der Waals surface area contributed by atoms with Crippen LogP contribution in [-0.4, -0.2) is 32.6 Å². The van der Waals surface area contributed by atoms with Crippen molar-refractivity contribution in [3.63, 3.8) is 0 Å². The van der Waals surface area contributed by atoms with Crippen LogP contribution in [0.15, 0.2) is 35.3 Å². The fourth-order valence-electron chi connectivity index (χ4n) is 5.26. The molecule has 1 aromatic carbocycles. The highest BCUT2D eigenvalue weighted by Crippen LogP contribution is 2.33. The molecule has 172 valence electrons. The van der Waals surface area contributed by atoms with Crippen LogP contribution in [0, 0.1) is 11.3 Å². The number of rotatable bonds is 4. The van der Waals surface area contributed by atoms with Crippen LogP contribution >= 0.6 is 11.3 Å². The van der Waals surface area contributed by atoms with Gasteiger partial charge in [0, 0.05) is 17.6 Å². The molecule has 4 heterocycles. The summed E-state index contributed by atoms with van der Waals surface area (Å²) in [6.07, 6.45) is 8.00. The van der Waals surface area contributed by atoms with Gasteiger partial charge in [-0.05, 0) is 68.5 Å². The second-order valence-electron chi connectivity index (χ2n) is 9.15. The fourth-order valence-corrected chi connectivity index (χ4v) is 6.10. The minimum absolute atomic E-state index is 0.0712. The Morgan fingerprint density at radius 1 is 1.12 bits per heavy atom. The number of aromatic nitrogens is 4. The van der Waals surface area contributed by atoms with Gasteiger partial charge in [0.1, 0.15) is 17.3 Å². The van der Waals surface area contributed by atoms with Crippen LogP contribution in [0.4, 0.5) is 11.1 Å². The van der Waals surface area contributed by atoms with Gasteiger partial charge < -0.3 is 5.32 Å². The maximum atomic E-state index is 13.0. The summed E-state index contributed by atoms with van der Waals surface area (Å²) >= 11 is 1.57. The lowest BCUT2D eigenvalue weighted by Crippen LogP contribution is -2.26. The second-order valence-corrected chi connectivity index (χ2v) is 10.2. The van der Waals surface area contributed by atoms with Crippen LogP contribution in [-0.2, 0) is 0 Å². The Kier molecular flexibility index (Phi) is 5.47. The smallest absolute Gasteiger partial charge is 0.270 e. The van der Waals surface area contributed by atoms with Crippen LogP contribution in [0.1, 0.15) is 61.6 Å². The van der Waals surface area contributed by atoms with Gasteiger partial charge in [-0.3, -0.25) is 14.7 Å². The lowest BCUT2D eigenvalue weighted by Gasteiger charge is -2.22. The van der Waals surface area contributed by atoms with Crippen LogP contribution in [0.2, 0.25) is 0 Å². The molecule has 0 unspecified atom stereocenters. The van der Waals surface area contributed by atoms with Gasteiger partial charge in [0.15, 0.2) is 5.13 Å². The van der Waals surface area contributed by atoms with Crippen molar-refractivity contribution in [3.05, 3.63) is 51.9 Å². The lowest BCUT2D eigenvalue weighted by atomic mass is 9.90. The van der Waals surface area contributed by atoms with Crippen molar-refractivity contribution in [3.8, 4) is 6.07 Å². The summed E-state index contributed by atoms with van der Waals surface area (Å²) in [4.78, 5) is 26.9. The summed E-state index contributed by atoms with van der Waals surface area (Å²) < 4.78 is 2.82. The minimum atomic E-state index is -0.267. The molecule has 0 spiro atoms. The number of pyridine rings is 1. The number of hydrogen-bond donors (Lipinski definition) is 2. The molecule has 6 rings (SSSR count). The van der Waals surface area contributed by atoms with Gasteiger partial charge in [0.25, 0.3) is 5.56 Å². The third-order valence-electron chi connectivity index (χ3n) is 7.02. The SMILES string of the molecule is N#Cc1cc2cnc(Nc3nc4cc(C5CCNCC5)ccc4s3)nc2n(C2CCCC2)c1=O. The van der Waals surface area contributed by atoms with Crippen molar-refractivity contribution in [2.75, 3.05) is 18.4 Å². The normalized spacial score (nSPS) is 17.4. The summed E-state index contributed by atoms with van der Waals surface area (Å²) in [6, 6.07) is 10.3. The van der Waals surface area contributed by atoms with Gasteiger partial charge in [-0.25, -0.2) is 9.97 Å². The molecule has 1 aliphatic heterocycles. The predicted molar refractivity (Wildman–Crippen MR) is 134 cm³/mol. The standard InChI is InChI=1S/C25H25N7OS/c26-13-17-11-18-14-28-24(30-22(18)32(23(17)33)19-3-1-2-4-19)31-25-29-20-12-16(5-6-21(20)34-25)15-7-9-27-10-8-15/h5-6,11-12,14-15,19,27H,1-4,7-10H2,(H,28,29,30,31). The molecule has 8 nitrogen and oxygen atoms in total. The van der Waals surface area contributed by atoms with E-state index in [9.17, 15) is 10.1 Å². The van der Waals surface area contributed by atoms with Crippen molar-refractivity contribution in [2.45, 2.75) is 50.5 Å². The third-order valence-corrected chi connectivity index (χ3v) is 7.98. The van der Waals surface area contributed by atoms with E-state index in [-0.39, 0.29) is 17.2 Å². The maximum absolute atomic E-state index is 13.0. The van der Waals surface area contributed by atoms with E-state index in [0.29, 0.717) is 22.9 Å². The fraction of sp³-hybridized carbons (Fsp3) is 0.400. The Morgan fingerprint density at radius 3 is 2.74 bits per heavy atom. The number of fused-ring (bicyclic) bond motifs is 2. The van der Waals surface area contributed by atoms with Gasteiger partial charge >= 0.3 is 0 Å². The Bertz CT molecular complexity index is 1470. The van der Waals surface area contributed by atoms with E-state index in [1.165, 1.54) is 5.56 Å². The largest absolute Gasteiger partial charge is 0.317 e. The van der Waals surface area contributed by atoms with Gasteiger partial charge in [0.05, 0.1) is 10.2 Å². The number of benzene rings is 1. The number of anilines is 2. The van der Waals surface area contributed by atoms with Gasteiger partial charge in [-0.2, -0.15) is 10.2 Å². The average molecular weight is 472 g/mol. The monoisotopic (exact) mass is 471 g/mol. The molecule has 0 amide bonds. The molecule has 4 aromatic rings. The van der Waals surface area contributed by atoms with Crippen molar-refractivity contribution in [1.29, 1.82) is 5.26 Å². The second kappa shape index (κ2) is 8.78.